The first-order valence-electron chi connectivity index (χ1n) is 5.93. The van der Waals surface area contributed by atoms with Crippen molar-refractivity contribution in [1.82, 2.24) is 4.31 Å². The second kappa shape index (κ2) is 5.28. The summed E-state index contributed by atoms with van der Waals surface area (Å²) >= 11 is 0. The maximum atomic E-state index is 12.4. The molecule has 2 N–H and O–H groups in total. The summed E-state index contributed by atoms with van der Waals surface area (Å²) in [4.78, 5) is 10.8. The quantitative estimate of drug-likeness (QED) is 0.795. The topological polar surface area (TPSA) is 94.9 Å². The number of aromatic carboxylic acids is 1. The third-order valence-corrected chi connectivity index (χ3v) is 4.91. The van der Waals surface area contributed by atoms with Gasteiger partial charge in [-0.2, -0.15) is 4.31 Å². The number of carboxylic acid groups (broad SMARTS) is 1. The van der Waals surface area contributed by atoms with E-state index in [0.29, 0.717) is 0 Å². The zero-order valence-corrected chi connectivity index (χ0v) is 11.0. The number of carbonyl (C=O) groups is 1. The van der Waals surface area contributed by atoms with Crippen molar-refractivity contribution in [3.63, 3.8) is 0 Å². The van der Waals surface area contributed by atoms with E-state index in [1.54, 1.807) is 0 Å². The highest BCUT2D eigenvalue weighted by Gasteiger charge is 2.37. The van der Waals surface area contributed by atoms with E-state index in [2.05, 4.69) is 0 Å². The number of rotatable bonds is 6. The molecule has 1 aromatic rings. The molecular formula is C12H15NO5S. The van der Waals surface area contributed by atoms with Gasteiger partial charge in [0.1, 0.15) is 0 Å². The van der Waals surface area contributed by atoms with Gasteiger partial charge in [-0.05, 0) is 31.0 Å². The Morgan fingerprint density at radius 2 is 2.05 bits per heavy atom. The van der Waals surface area contributed by atoms with Crippen molar-refractivity contribution in [2.75, 3.05) is 13.2 Å². The molecule has 1 aliphatic carbocycles. The third kappa shape index (κ3) is 2.94. The summed E-state index contributed by atoms with van der Waals surface area (Å²) in [6, 6.07) is 5.18. The molecule has 1 aromatic carbocycles. The van der Waals surface area contributed by atoms with Gasteiger partial charge in [0.25, 0.3) is 0 Å². The second-order valence-electron chi connectivity index (χ2n) is 4.40. The highest BCUT2D eigenvalue weighted by molar-refractivity contribution is 7.89. The number of hydrogen-bond acceptors (Lipinski definition) is 4. The first kappa shape index (κ1) is 14.0. The number of aliphatic hydroxyl groups excluding tert-OH is 1. The van der Waals surface area contributed by atoms with E-state index in [1.807, 2.05) is 0 Å². The van der Waals surface area contributed by atoms with Crippen LogP contribution in [0.2, 0.25) is 0 Å². The second-order valence-corrected chi connectivity index (χ2v) is 6.29. The van der Waals surface area contributed by atoms with Crippen LogP contribution in [0.15, 0.2) is 29.2 Å². The molecule has 19 heavy (non-hydrogen) atoms. The Bertz CT molecular complexity index is 580. The van der Waals surface area contributed by atoms with E-state index in [4.69, 9.17) is 10.2 Å². The molecule has 0 radical (unpaired) electrons. The van der Waals surface area contributed by atoms with Gasteiger partial charge >= 0.3 is 5.97 Å². The average molecular weight is 285 g/mol. The van der Waals surface area contributed by atoms with Gasteiger partial charge in [0.05, 0.1) is 17.1 Å². The molecular weight excluding hydrogens is 270 g/mol. The van der Waals surface area contributed by atoms with E-state index in [-0.39, 0.29) is 29.7 Å². The van der Waals surface area contributed by atoms with Crippen molar-refractivity contribution < 1.29 is 23.4 Å². The highest BCUT2D eigenvalue weighted by Crippen LogP contribution is 2.31. The van der Waals surface area contributed by atoms with E-state index < -0.39 is 16.0 Å². The summed E-state index contributed by atoms with van der Waals surface area (Å²) in [5.41, 5.74) is -0.0687. The standard InChI is InChI=1S/C12H15NO5S/c14-7-6-13(10-4-5-10)19(17,18)11-3-1-2-9(8-11)12(15)16/h1-3,8,10,14H,4-7H2,(H,15,16). The fraction of sp³-hybridized carbons (Fsp3) is 0.417. The maximum Gasteiger partial charge on any atom is 0.335 e. The average Bonchev–Trinajstić information content (AvgIpc) is 3.20. The van der Waals surface area contributed by atoms with Crippen LogP contribution in [0.3, 0.4) is 0 Å². The van der Waals surface area contributed by atoms with Gasteiger partial charge in [-0.25, -0.2) is 13.2 Å². The molecule has 0 unspecified atom stereocenters. The summed E-state index contributed by atoms with van der Waals surface area (Å²) in [6.07, 6.45) is 1.55. The molecule has 2 rings (SSSR count). The van der Waals surface area contributed by atoms with Gasteiger partial charge in [0, 0.05) is 12.6 Å². The number of nitrogens with zero attached hydrogens (tertiary/aromatic N) is 1. The van der Waals surface area contributed by atoms with Gasteiger partial charge in [-0.1, -0.05) is 6.07 Å². The van der Waals surface area contributed by atoms with Crippen molar-refractivity contribution in [2.45, 2.75) is 23.8 Å². The summed E-state index contributed by atoms with van der Waals surface area (Å²) in [6.45, 7) is -0.224. The van der Waals surface area contributed by atoms with Gasteiger partial charge in [-0.3, -0.25) is 0 Å². The number of benzene rings is 1. The van der Waals surface area contributed by atoms with Crippen molar-refractivity contribution in [1.29, 1.82) is 0 Å². The monoisotopic (exact) mass is 285 g/mol. The van der Waals surface area contributed by atoms with Gasteiger partial charge in [0.2, 0.25) is 10.0 Å². The zero-order chi connectivity index (χ0) is 14.0. The minimum absolute atomic E-state index is 0.0320. The van der Waals surface area contributed by atoms with E-state index in [9.17, 15) is 13.2 Å². The Morgan fingerprint density at radius 1 is 1.37 bits per heavy atom. The first-order chi connectivity index (χ1) is 8.96. The lowest BCUT2D eigenvalue weighted by Gasteiger charge is -2.20. The van der Waals surface area contributed by atoms with E-state index in [1.165, 1.54) is 22.5 Å². The Balaban J connectivity index is 2.37. The predicted molar refractivity (Wildman–Crippen MR) is 67.4 cm³/mol. The molecule has 1 fully saturated rings. The Hall–Kier alpha value is -1.44. The van der Waals surface area contributed by atoms with E-state index >= 15 is 0 Å². The minimum Gasteiger partial charge on any atom is -0.478 e. The van der Waals surface area contributed by atoms with Crippen LogP contribution in [0.4, 0.5) is 0 Å². The van der Waals surface area contributed by atoms with Crippen molar-refractivity contribution >= 4 is 16.0 Å². The Kier molecular flexibility index (Phi) is 3.88. The fourth-order valence-corrected chi connectivity index (χ4v) is 3.61. The smallest absolute Gasteiger partial charge is 0.335 e. The van der Waals surface area contributed by atoms with Crippen LogP contribution < -0.4 is 0 Å². The van der Waals surface area contributed by atoms with Crippen molar-refractivity contribution in [3.8, 4) is 0 Å². The lowest BCUT2D eigenvalue weighted by Crippen LogP contribution is -2.35. The molecule has 1 aliphatic rings. The van der Waals surface area contributed by atoms with Gasteiger partial charge in [-0.15, -0.1) is 0 Å². The van der Waals surface area contributed by atoms with Gasteiger partial charge in [0.15, 0.2) is 0 Å². The van der Waals surface area contributed by atoms with Crippen LogP contribution >= 0.6 is 0 Å². The van der Waals surface area contributed by atoms with Crippen LogP contribution in [0.25, 0.3) is 0 Å². The Labute approximate surface area is 111 Å². The summed E-state index contributed by atoms with van der Waals surface area (Å²) in [5.74, 6) is -1.17. The number of sulfonamides is 1. The number of carboxylic acids is 1. The lowest BCUT2D eigenvalue weighted by molar-refractivity contribution is 0.0696. The molecule has 0 heterocycles. The number of hydrogen-bond donors (Lipinski definition) is 2. The molecule has 7 heteroatoms. The normalized spacial score (nSPS) is 15.7. The third-order valence-electron chi connectivity index (χ3n) is 2.96. The van der Waals surface area contributed by atoms with Crippen LogP contribution in [0.1, 0.15) is 23.2 Å². The molecule has 0 aliphatic heterocycles. The molecule has 0 atom stereocenters. The first-order valence-corrected chi connectivity index (χ1v) is 7.37. The van der Waals surface area contributed by atoms with Gasteiger partial charge < -0.3 is 10.2 Å². The summed E-state index contributed by atoms with van der Waals surface area (Å²) < 4.78 is 26.0. The SMILES string of the molecule is O=C(O)c1cccc(S(=O)(=O)N(CCO)C2CC2)c1. The molecule has 0 amide bonds. The minimum atomic E-state index is -3.75. The van der Waals surface area contributed by atoms with Crippen molar-refractivity contribution in [2.24, 2.45) is 0 Å². The molecule has 0 bridgehead atoms. The number of aliphatic hydroxyl groups is 1. The van der Waals surface area contributed by atoms with Crippen molar-refractivity contribution in [3.05, 3.63) is 29.8 Å². The van der Waals surface area contributed by atoms with Crippen LogP contribution in [-0.4, -0.2) is 48.1 Å². The largest absolute Gasteiger partial charge is 0.478 e. The molecule has 0 aromatic heterocycles. The molecule has 1 saturated carbocycles. The van der Waals surface area contributed by atoms with Crippen LogP contribution in [0, 0.1) is 0 Å². The Morgan fingerprint density at radius 3 is 2.58 bits per heavy atom. The maximum absolute atomic E-state index is 12.4. The summed E-state index contributed by atoms with van der Waals surface area (Å²) in [7, 11) is -3.75. The zero-order valence-electron chi connectivity index (χ0n) is 10.2. The van der Waals surface area contributed by atoms with Crippen LogP contribution in [0.5, 0.6) is 0 Å². The van der Waals surface area contributed by atoms with Crippen LogP contribution in [-0.2, 0) is 10.0 Å². The highest BCUT2D eigenvalue weighted by atomic mass is 32.2. The molecule has 0 saturated heterocycles. The molecule has 104 valence electrons. The van der Waals surface area contributed by atoms with E-state index in [0.717, 1.165) is 18.9 Å². The predicted octanol–water partition coefficient (Wildman–Crippen LogP) is 0.530. The molecule has 6 nitrogen and oxygen atoms in total. The fourth-order valence-electron chi connectivity index (χ4n) is 1.89. The summed E-state index contributed by atoms with van der Waals surface area (Å²) in [5, 5.41) is 17.9. The molecule has 0 spiro atoms. The lowest BCUT2D eigenvalue weighted by atomic mass is 10.2.